The summed E-state index contributed by atoms with van der Waals surface area (Å²) < 4.78 is 25.9. The number of benzene rings is 1. The number of nitrogens with one attached hydrogen (secondary N) is 1. The maximum Gasteiger partial charge on any atom is 0.242 e. The molecule has 0 aromatic heterocycles. The van der Waals surface area contributed by atoms with E-state index in [0.717, 1.165) is 24.9 Å². The Balaban J connectivity index is 2.84. The molecule has 0 aliphatic carbocycles. The predicted molar refractivity (Wildman–Crippen MR) is 73.9 cm³/mol. The van der Waals surface area contributed by atoms with Crippen molar-refractivity contribution in [2.75, 3.05) is 20.6 Å². The molecule has 0 saturated carbocycles. The van der Waals surface area contributed by atoms with Gasteiger partial charge in [-0.1, -0.05) is 25.5 Å². The molecule has 1 aromatic carbocycles. The lowest BCUT2D eigenvalue weighted by Gasteiger charge is -2.16. The normalized spacial score (nSPS) is 12.0. The van der Waals surface area contributed by atoms with Gasteiger partial charge in [-0.05, 0) is 31.2 Å². The molecule has 102 valence electrons. The zero-order chi connectivity index (χ0) is 13.6. The lowest BCUT2D eigenvalue weighted by atomic mass is 10.2. The van der Waals surface area contributed by atoms with Gasteiger partial charge in [0.1, 0.15) is 0 Å². The van der Waals surface area contributed by atoms with Crippen LogP contribution in [-0.2, 0) is 16.6 Å². The largest absolute Gasteiger partial charge is 0.316 e. The van der Waals surface area contributed by atoms with Crippen molar-refractivity contribution in [1.29, 1.82) is 0 Å². The molecule has 0 amide bonds. The molecule has 0 spiro atoms. The van der Waals surface area contributed by atoms with Crippen LogP contribution in [-0.4, -0.2) is 33.4 Å². The Hall–Kier alpha value is -0.910. The molecule has 1 rings (SSSR count). The molecular formula is C13H22N2O2S. The molecule has 4 nitrogen and oxygen atoms in total. The van der Waals surface area contributed by atoms with E-state index in [1.807, 2.05) is 26.1 Å². The Kier molecular flexibility index (Phi) is 5.78. The van der Waals surface area contributed by atoms with Gasteiger partial charge in [-0.2, -0.15) is 0 Å². The number of rotatable bonds is 7. The monoisotopic (exact) mass is 270 g/mol. The van der Waals surface area contributed by atoms with E-state index < -0.39 is 10.0 Å². The van der Waals surface area contributed by atoms with Crippen molar-refractivity contribution in [3.8, 4) is 0 Å². The van der Waals surface area contributed by atoms with Crippen molar-refractivity contribution in [2.45, 2.75) is 31.2 Å². The highest BCUT2D eigenvalue weighted by Gasteiger charge is 2.19. The predicted octanol–water partition coefficient (Wildman–Crippen LogP) is 1.83. The van der Waals surface area contributed by atoms with Crippen molar-refractivity contribution in [3.05, 3.63) is 29.8 Å². The van der Waals surface area contributed by atoms with E-state index >= 15 is 0 Å². The van der Waals surface area contributed by atoms with E-state index in [2.05, 4.69) is 5.32 Å². The minimum absolute atomic E-state index is 0.362. The molecule has 5 heteroatoms. The maximum atomic E-state index is 12.2. The number of sulfonamides is 1. The molecule has 1 N–H and O–H groups in total. The highest BCUT2D eigenvalue weighted by Crippen LogP contribution is 2.15. The molecule has 0 aliphatic heterocycles. The molecule has 0 unspecified atom stereocenters. The Morgan fingerprint density at radius 3 is 2.33 bits per heavy atom. The molecular weight excluding hydrogens is 248 g/mol. The molecule has 0 atom stereocenters. The van der Waals surface area contributed by atoms with Crippen LogP contribution >= 0.6 is 0 Å². The molecule has 0 fully saturated rings. The second-order valence-electron chi connectivity index (χ2n) is 4.35. The van der Waals surface area contributed by atoms with Gasteiger partial charge >= 0.3 is 0 Å². The van der Waals surface area contributed by atoms with Crippen molar-refractivity contribution in [3.63, 3.8) is 0 Å². The van der Waals surface area contributed by atoms with Gasteiger partial charge in [-0.3, -0.25) is 0 Å². The summed E-state index contributed by atoms with van der Waals surface area (Å²) in [5.41, 5.74) is 1.08. The van der Waals surface area contributed by atoms with E-state index in [1.54, 1.807) is 19.2 Å². The van der Waals surface area contributed by atoms with E-state index in [-0.39, 0.29) is 0 Å². The first-order chi connectivity index (χ1) is 8.52. The standard InChI is InChI=1S/C13H22N2O2S/c1-4-5-10-15(3)18(16,17)13-8-6-12(7-9-13)11-14-2/h6-9,14H,4-5,10-11H2,1-3H3. The highest BCUT2D eigenvalue weighted by atomic mass is 32.2. The second-order valence-corrected chi connectivity index (χ2v) is 6.40. The number of unbranched alkanes of at least 4 members (excludes halogenated alkanes) is 1. The van der Waals surface area contributed by atoms with Gasteiger partial charge < -0.3 is 5.32 Å². The first-order valence-electron chi connectivity index (χ1n) is 6.22. The van der Waals surface area contributed by atoms with Crippen LogP contribution in [0.25, 0.3) is 0 Å². The highest BCUT2D eigenvalue weighted by molar-refractivity contribution is 7.89. The number of nitrogens with zero attached hydrogens (tertiary/aromatic N) is 1. The van der Waals surface area contributed by atoms with Gasteiger partial charge in [0, 0.05) is 20.1 Å². The molecule has 0 saturated heterocycles. The summed E-state index contributed by atoms with van der Waals surface area (Å²) in [6, 6.07) is 7.03. The summed E-state index contributed by atoms with van der Waals surface area (Å²) in [5.74, 6) is 0. The lowest BCUT2D eigenvalue weighted by Crippen LogP contribution is -2.27. The Morgan fingerprint density at radius 2 is 1.83 bits per heavy atom. The minimum atomic E-state index is -3.33. The summed E-state index contributed by atoms with van der Waals surface area (Å²) in [7, 11) is 0.166. The Labute approximate surface area is 110 Å². The fraction of sp³-hybridized carbons (Fsp3) is 0.538. The minimum Gasteiger partial charge on any atom is -0.316 e. The molecule has 18 heavy (non-hydrogen) atoms. The zero-order valence-corrected chi connectivity index (χ0v) is 12.1. The van der Waals surface area contributed by atoms with Gasteiger partial charge in [-0.15, -0.1) is 0 Å². The average Bonchev–Trinajstić information content (AvgIpc) is 2.37. The van der Waals surface area contributed by atoms with Crippen LogP contribution in [0.3, 0.4) is 0 Å². The Bertz CT molecular complexity index is 454. The first kappa shape index (κ1) is 15.1. The second kappa shape index (κ2) is 6.87. The maximum absolute atomic E-state index is 12.2. The molecule has 0 bridgehead atoms. The third kappa shape index (κ3) is 3.80. The van der Waals surface area contributed by atoms with Crippen LogP contribution in [0, 0.1) is 0 Å². The van der Waals surface area contributed by atoms with E-state index in [0.29, 0.717) is 11.4 Å². The van der Waals surface area contributed by atoms with Crippen LogP contribution in [0.5, 0.6) is 0 Å². The van der Waals surface area contributed by atoms with Crippen molar-refractivity contribution >= 4 is 10.0 Å². The van der Waals surface area contributed by atoms with Crippen LogP contribution in [0.1, 0.15) is 25.3 Å². The quantitative estimate of drug-likeness (QED) is 0.822. The third-order valence-corrected chi connectivity index (χ3v) is 4.71. The molecule has 0 aliphatic rings. The fourth-order valence-corrected chi connectivity index (χ4v) is 2.87. The summed E-state index contributed by atoms with van der Waals surface area (Å²) in [5, 5.41) is 3.03. The zero-order valence-electron chi connectivity index (χ0n) is 11.3. The van der Waals surface area contributed by atoms with E-state index in [1.165, 1.54) is 4.31 Å². The number of hydrogen-bond acceptors (Lipinski definition) is 3. The van der Waals surface area contributed by atoms with Crippen molar-refractivity contribution in [2.24, 2.45) is 0 Å². The van der Waals surface area contributed by atoms with Crippen LogP contribution in [0.2, 0.25) is 0 Å². The van der Waals surface area contributed by atoms with Gasteiger partial charge in [0.05, 0.1) is 4.90 Å². The van der Waals surface area contributed by atoms with Crippen LogP contribution < -0.4 is 5.32 Å². The average molecular weight is 270 g/mol. The van der Waals surface area contributed by atoms with Crippen LogP contribution in [0.15, 0.2) is 29.2 Å². The fourth-order valence-electron chi connectivity index (χ4n) is 1.66. The van der Waals surface area contributed by atoms with Gasteiger partial charge in [0.15, 0.2) is 0 Å². The molecule has 0 heterocycles. The van der Waals surface area contributed by atoms with Gasteiger partial charge in [0.25, 0.3) is 0 Å². The molecule has 0 radical (unpaired) electrons. The Morgan fingerprint density at radius 1 is 1.22 bits per heavy atom. The molecule has 1 aromatic rings. The van der Waals surface area contributed by atoms with Gasteiger partial charge in [-0.25, -0.2) is 12.7 Å². The summed E-state index contributed by atoms with van der Waals surface area (Å²) in [6.45, 7) is 3.36. The third-order valence-electron chi connectivity index (χ3n) is 2.84. The van der Waals surface area contributed by atoms with Crippen LogP contribution in [0.4, 0.5) is 0 Å². The summed E-state index contributed by atoms with van der Waals surface area (Å²) >= 11 is 0. The van der Waals surface area contributed by atoms with E-state index in [4.69, 9.17) is 0 Å². The van der Waals surface area contributed by atoms with Crippen molar-refractivity contribution < 1.29 is 8.42 Å². The first-order valence-corrected chi connectivity index (χ1v) is 7.66. The topological polar surface area (TPSA) is 49.4 Å². The SMILES string of the molecule is CCCCN(C)S(=O)(=O)c1ccc(CNC)cc1. The summed E-state index contributed by atoms with van der Waals surface area (Å²) in [6.07, 6.45) is 1.87. The lowest BCUT2D eigenvalue weighted by molar-refractivity contribution is 0.459. The van der Waals surface area contributed by atoms with Crippen molar-refractivity contribution in [1.82, 2.24) is 9.62 Å². The van der Waals surface area contributed by atoms with E-state index in [9.17, 15) is 8.42 Å². The van der Waals surface area contributed by atoms with Gasteiger partial charge in [0.2, 0.25) is 10.0 Å². The summed E-state index contributed by atoms with van der Waals surface area (Å²) in [4.78, 5) is 0.362. The smallest absolute Gasteiger partial charge is 0.242 e. The number of hydrogen-bond donors (Lipinski definition) is 1.